The highest BCUT2D eigenvalue weighted by Gasteiger charge is 2.38. The van der Waals surface area contributed by atoms with E-state index in [1.54, 1.807) is 6.07 Å². The average molecular weight is 342 g/mol. The Morgan fingerprint density at radius 1 is 1.25 bits per heavy atom. The van der Waals surface area contributed by atoms with E-state index in [1.807, 2.05) is 4.90 Å². The third kappa shape index (κ3) is 3.20. The molecular formula is C14H17F3N6O. The fraction of sp³-hybridized carbons (Fsp3) is 0.500. The molecule has 0 saturated carbocycles. The third-order valence-corrected chi connectivity index (χ3v) is 3.74. The fourth-order valence-electron chi connectivity index (χ4n) is 2.63. The van der Waals surface area contributed by atoms with Gasteiger partial charge in [0.2, 0.25) is 0 Å². The van der Waals surface area contributed by atoms with E-state index in [9.17, 15) is 13.2 Å². The highest BCUT2D eigenvalue weighted by molar-refractivity contribution is 5.76. The van der Waals surface area contributed by atoms with Crippen molar-refractivity contribution in [3.63, 3.8) is 0 Å². The van der Waals surface area contributed by atoms with E-state index in [2.05, 4.69) is 15.3 Å². The van der Waals surface area contributed by atoms with Crippen LogP contribution in [0, 0.1) is 0 Å². The van der Waals surface area contributed by atoms with Crippen molar-refractivity contribution in [3.05, 3.63) is 23.7 Å². The predicted molar refractivity (Wildman–Crippen MR) is 80.2 cm³/mol. The molecule has 0 aromatic carbocycles. The molecule has 130 valence electrons. The van der Waals surface area contributed by atoms with Crippen LogP contribution in [0.5, 0.6) is 0 Å². The first-order valence-electron chi connectivity index (χ1n) is 7.40. The van der Waals surface area contributed by atoms with Crippen LogP contribution in [0.15, 0.2) is 12.3 Å². The van der Waals surface area contributed by atoms with Gasteiger partial charge in [-0.15, -0.1) is 5.10 Å². The van der Waals surface area contributed by atoms with Gasteiger partial charge < -0.3 is 15.4 Å². The molecular weight excluding hydrogens is 325 g/mol. The van der Waals surface area contributed by atoms with E-state index in [4.69, 9.17) is 10.5 Å². The van der Waals surface area contributed by atoms with Crippen LogP contribution in [0.1, 0.15) is 11.4 Å². The van der Waals surface area contributed by atoms with Crippen molar-refractivity contribution in [3.8, 4) is 11.3 Å². The summed E-state index contributed by atoms with van der Waals surface area (Å²) in [5.74, 6) is 0. The van der Waals surface area contributed by atoms with Crippen LogP contribution >= 0.6 is 0 Å². The van der Waals surface area contributed by atoms with E-state index in [0.29, 0.717) is 37.7 Å². The molecule has 1 aliphatic rings. The van der Waals surface area contributed by atoms with Gasteiger partial charge >= 0.3 is 6.18 Å². The number of hydrogen-bond acceptors (Lipinski definition) is 6. The Balaban J connectivity index is 2.14. The number of rotatable bonds is 3. The summed E-state index contributed by atoms with van der Waals surface area (Å²) in [5.41, 5.74) is 5.75. The zero-order chi connectivity index (χ0) is 17.3. The summed E-state index contributed by atoms with van der Waals surface area (Å²) in [6.45, 7) is 2.27. The first-order chi connectivity index (χ1) is 11.4. The highest BCUT2D eigenvalue weighted by atomic mass is 19.4. The van der Waals surface area contributed by atoms with Gasteiger partial charge in [0, 0.05) is 32.9 Å². The lowest BCUT2D eigenvalue weighted by Gasteiger charge is -2.30. The molecule has 2 N–H and O–H groups in total. The summed E-state index contributed by atoms with van der Waals surface area (Å²) in [5, 5.41) is 11.5. The van der Waals surface area contributed by atoms with Crippen molar-refractivity contribution < 1.29 is 17.9 Å². The molecule has 0 unspecified atom stereocenters. The molecule has 1 saturated heterocycles. The summed E-state index contributed by atoms with van der Waals surface area (Å²) in [6, 6.07) is 1.68. The molecule has 3 rings (SSSR count). The van der Waals surface area contributed by atoms with Crippen LogP contribution in [-0.2, 0) is 24.5 Å². The van der Waals surface area contributed by atoms with Crippen LogP contribution in [0.25, 0.3) is 11.3 Å². The van der Waals surface area contributed by atoms with Gasteiger partial charge in [0.25, 0.3) is 0 Å². The van der Waals surface area contributed by atoms with E-state index in [0.717, 1.165) is 4.68 Å². The highest BCUT2D eigenvalue weighted by Crippen LogP contribution is 2.38. The molecule has 0 aliphatic carbocycles. The Kier molecular flexibility index (Phi) is 4.41. The van der Waals surface area contributed by atoms with Gasteiger partial charge in [0.1, 0.15) is 5.69 Å². The molecule has 2 aromatic heterocycles. The van der Waals surface area contributed by atoms with E-state index < -0.39 is 11.9 Å². The lowest BCUT2D eigenvalue weighted by atomic mass is 10.1. The average Bonchev–Trinajstić information content (AvgIpc) is 2.97. The van der Waals surface area contributed by atoms with Gasteiger partial charge in [0.05, 0.1) is 30.2 Å². The van der Waals surface area contributed by atoms with Crippen LogP contribution in [0.3, 0.4) is 0 Å². The topological polar surface area (TPSA) is 82.1 Å². The predicted octanol–water partition coefficient (Wildman–Crippen LogP) is 1.19. The van der Waals surface area contributed by atoms with Crippen molar-refractivity contribution in [1.82, 2.24) is 20.0 Å². The van der Waals surface area contributed by atoms with Gasteiger partial charge in [-0.25, -0.2) is 0 Å². The Bertz CT molecular complexity index is 724. The molecule has 0 spiro atoms. The maximum Gasteiger partial charge on any atom is 0.435 e. The Morgan fingerprint density at radius 3 is 2.58 bits per heavy atom. The molecule has 1 aliphatic heterocycles. The molecule has 24 heavy (non-hydrogen) atoms. The molecule has 3 heterocycles. The minimum absolute atomic E-state index is 0.0948. The molecule has 2 aromatic rings. The largest absolute Gasteiger partial charge is 0.435 e. The molecule has 7 nitrogen and oxygen atoms in total. The summed E-state index contributed by atoms with van der Waals surface area (Å²) < 4.78 is 46.3. The number of aryl methyl sites for hydroxylation is 1. The summed E-state index contributed by atoms with van der Waals surface area (Å²) in [7, 11) is 1.44. The minimum atomic E-state index is -4.58. The van der Waals surface area contributed by atoms with Crippen LogP contribution < -0.4 is 10.6 Å². The van der Waals surface area contributed by atoms with Crippen LogP contribution in [0.2, 0.25) is 0 Å². The third-order valence-electron chi connectivity index (χ3n) is 3.74. The second-order valence-corrected chi connectivity index (χ2v) is 5.44. The van der Waals surface area contributed by atoms with Crippen molar-refractivity contribution in [2.75, 3.05) is 31.2 Å². The maximum atomic E-state index is 13.3. The zero-order valence-electron chi connectivity index (χ0n) is 13.0. The fourth-order valence-corrected chi connectivity index (χ4v) is 2.63. The number of anilines is 1. The molecule has 0 bridgehead atoms. The Hall–Kier alpha value is -2.20. The maximum absolute atomic E-state index is 13.3. The number of aromatic nitrogens is 4. The number of morpholine rings is 1. The number of ether oxygens (including phenoxy) is 1. The molecule has 10 heteroatoms. The summed E-state index contributed by atoms with van der Waals surface area (Å²) >= 11 is 0. The van der Waals surface area contributed by atoms with Gasteiger partial charge in [-0.2, -0.15) is 23.4 Å². The van der Waals surface area contributed by atoms with E-state index in [-0.39, 0.29) is 17.8 Å². The molecule has 1 fully saturated rings. The molecule has 0 amide bonds. The number of alkyl halides is 3. The lowest BCUT2D eigenvalue weighted by Crippen LogP contribution is -2.37. The monoisotopic (exact) mass is 342 g/mol. The first kappa shape index (κ1) is 16.7. The van der Waals surface area contributed by atoms with Crippen molar-refractivity contribution in [2.45, 2.75) is 12.7 Å². The van der Waals surface area contributed by atoms with Gasteiger partial charge in [-0.1, -0.05) is 0 Å². The lowest BCUT2D eigenvalue weighted by molar-refractivity contribution is -0.141. The Morgan fingerprint density at radius 2 is 1.96 bits per heavy atom. The minimum Gasteiger partial charge on any atom is -0.378 e. The summed E-state index contributed by atoms with van der Waals surface area (Å²) in [4.78, 5) is 1.93. The van der Waals surface area contributed by atoms with Crippen LogP contribution in [-0.4, -0.2) is 46.3 Å². The summed E-state index contributed by atoms with van der Waals surface area (Å²) in [6.07, 6.45) is -3.27. The quantitative estimate of drug-likeness (QED) is 0.902. The SMILES string of the molecule is Cn1cc(-c2nnc(CN)cc2N2CCOCC2)c(C(F)(F)F)n1. The van der Waals surface area contributed by atoms with E-state index >= 15 is 0 Å². The zero-order valence-corrected chi connectivity index (χ0v) is 13.0. The second kappa shape index (κ2) is 6.36. The number of halogens is 3. The number of nitrogens with two attached hydrogens (primary N) is 1. The van der Waals surface area contributed by atoms with E-state index in [1.165, 1.54) is 13.2 Å². The standard InChI is InChI=1S/C14H17F3N6O/c1-22-8-10(13(21-22)14(15,16)17)12-11(6-9(7-18)19-20-12)23-2-4-24-5-3-23/h6,8H,2-5,7,18H2,1H3. The van der Waals surface area contributed by atoms with Gasteiger partial charge in [-0.3, -0.25) is 4.68 Å². The Labute approximate surface area is 136 Å². The molecule has 0 atom stereocenters. The smallest absolute Gasteiger partial charge is 0.378 e. The van der Waals surface area contributed by atoms with Gasteiger partial charge in [0.15, 0.2) is 5.69 Å². The molecule has 0 radical (unpaired) electrons. The van der Waals surface area contributed by atoms with Crippen LogP contribution in [0.4, 0.5) is 18.9 Å². The number of nitrogens with zero attached hydrogens (tertiary/aromatic N) is 5. The number of hydrogen-bond donors (Lipinski definition) is 1. The first-order valence-corrected chi connectivity index (χ1v) is 7.40. The van der Waals surface area contributed by atoms with Crippen molar-refractivity contribution in [1.29, 1.82) is 0 Å². The van der Waals surface area contributed by atoms with Crippen molar-refractivity contribution >= 4 is 5.69 Å². The van der Waals surface area contributed by atoms with Gasteiger partial charge in [-0.05, 0) is 6.07 Å². The van der Waals surface area contributed by atoms with Crippen molar-refractivity contribution in [2.24, 2.45) is 12.8 Å². The normalized spacial score (nSPS) is 15.8. The second-order valence-electron chi connectivity index (χ2n) is 5.44.